The largest absolute Gasteiger partial charge is 0.390 e. The molecule has 5 nitrogen and oxygen atoms in total. The Kier molecular flexibility index (Phi) is 3.93. The van der Waals surface area contributed by atoms with Crippen molar-refractivity contribution in [3.05, 3.63) is 45.8 Å². The van der Waals surface area contributed by atoms with Gasteiger partial charge >= 0.3 is 0 Å². The van der Waals surface area contributed by atoms with Crippen LogP contribution in [0.25, 0.3) is 0 Å². The molecule has 1 aromatic carbocycles. The number of nitrogens with one attached hydrogen (secondary N) is 2. The van der Waals surface area contributed by atoms with Crippen molar-refractivity contribution >= 4 is 38.3 Å². The first-order valence-electron chi connectivity index (χ1n) is 5.08. The van der Waals surface area contributed by atoms with E-state index in [9.17, 15) is 8.42 Å². The number of H-pyrrole nitrogens is 1. The molecule has 0 unspecified atom stereocenters. The molecule has 0 fully saturated rings. The van der Waals surface area contributed by atoms with Crippen LogP contribution in [0.2, 0.25) is 0 Å². The molecule has 96 valence electrons. The Hall–Kier alpha value is -1.06. The highest BCUT2D eigenvalue weighted by Gasteiger charge is 2.16. The minimum absolute atomic E-state index is 0.103. The van der Waals surface area contributed by atoms with Crippen LogP contribution in [0.4, 0.5) is 5.69 Å². The maximum atomic E-state index is 12.1. The lowest BCUT2D eigenvalue weighted by atomic mass is 10.3. The van der Waals surface area contributed by atoms with Crippen molar-refractivity contribution in [2.24, 2.45) is 0 Å². The second kappa shape index (κ2) is 5.29. The van der Waals surface area contributed by atoms with Crippen molar-refractivity contribution in [2.75, 3.05) is 4.72 Å². The fraction of sp³-hybridized carbons (Fsp3) is 0.0909. The number of aliphatic hydroxyl groups excluding tert-OH is 1. The SMILES string of the molecule is O=S(=O)(Nc1ccccc1I)c1c[nH]c(CO)c1. The number of rotatable bonds is 4. The molecule has 1 aromatic heterocycles. The van der Waals surface area contributed by atoms with Crippen LogP contribution >= 0.6 is 22.6 Å². The Bertz CT molecular complexity index is 652. The quantitative estimate of drug-likeness (QED) is 0.711. The molecular weight excluding hydrogens is 367 g/mol. The van der Waals surface area contributed by atoms with E-state index in [0.717, 1.165) is 3.57 Å². The second-order valence-electron chi connectivity index (χ2n) is 3.60. The monoisotopic (exact) mass is 378 g/mol. The normalized spacial score (nSPS) is 11.4. The Morgan fingerprint density at radius 1 is 1.33 bits per heavy atom. The number of sulfonamides is 1. The molecule has 1 heterocycles. The van der Waals surface area contributed by atoms with Gasteiger partial charge in [-0.05, 0) is 40.8 Å². The van der Waals surface area contributed by atoms with Gasteiger partial charge in [-0.15, -0.1) is 0 Å². The van der Waals surface area contributed by atoms with Gasteiger partial charge in [-0.25, -0.2) is 8.42 Å². The molecule has 0 spiro atoms. The standard InChI is InChI=1S/C11H11IN2O3S/c12-10-3-1-2-4-11(10)14-18(16,17)9-5-8(7-15)13-6-9/h1-6,13-15H,7H2. The van der Waals surface area contributed by atoms with Crippen molar-refractivity contribution in [3.63, 3.8) is 0 Å². The molecule has 0 amide bonds. The number of halogens is 1. The van der Waals surface area contributed by atoms with Crippen LogP contribution in [0.5, 0.6) is 0 Å². The predicted molar refractivity (Wildman–Crippen MR) is 76.7 cm³/mol. The number of anilines is 1. The summed E-state index contributed by atoms with van der Waals surface area (Å²) >= 11 is 2.06. The number of aliphatic hydroxyl groups is 1. The number of hydrogen-bond acceptors (Lipinski definition) is 3. The van der Waals surface area contributed by atoms with E-state index in [-0.39, 0.29) is 11.5 Å². The van der Waals surface area contributed by atoms with Crippen LogP contribution in [0.3, 0.4) is 0 Å². The van der Waals surface area contributed by atoms with Crippen LogP contribution < -0.4 is 4.72 Å². The maximum absolute atomic E-state index is 12.1. The van der Waals surface area contributed by atoms with Crippen LogP contribution in [-0.2, 0) is 16.6 Å². The van der Waals surface area contributed by atoms with Crippen molar-refractivity contribution in [1.82, 2.24) is 4.98 Å². The smallest absolute Gasteiger partial charge is 0.263 e. The van der Waals surface area contributed by atoms with E-state index in [4.69, 9.17) is 5.11 Å². The van der Waals surface area contributed by atoms with Crippen molar-refractivity contribution in [3.8, 4) is 0 Å². The highest BCUT2D eigenvalue weighted by molar-refractivity contribution is 14.1. The molecule has 0 saturated carbocycles. The summed E-state index contributed by atoms with van der Waals surface area (Å²) in [5.74, 6) is 0. The van der Waals surface area contributed by atoms with Gasteiger partial charge in [-0.3, -0.25) is 4.72 Å². The minimum atomic E-state index is -3.62. The second-order valence-corrected chi connectivity index (χ2v) is 6.45. The van der Waals surface area contributed by atoms with E-state index in [1.807, 2.05) is 12.1 Å². The van der Waals surface area contributed by atoms with Gasteiger partial charge in [0.15, 0.2) is 0 Å². The molecule has 0 aliphatic heterocycles. The summed E-state index contributed by atoms with van der Waals surface area (Å²) in [6.45, 7) is -0.224. The summed E-state index contributed by atoms with van der Waals surface area (Å²) in [5, 5.41) is 8.90. The van der Waals surface area contributed by atoms with Crippen LogP contribution in [0.15, 0.2) is 41.4 Å². The maximum Gasteiger partial charge on any atom is 0.263 e. The lowest BCUT2D eigenvalue weighted by Crippen LogP contribution is -2.12. The van der Waals surface area contributed by atoms with E-state index >= 15 is 0 Å². The minimum Gasteiger partial charge on any atom is -0.390 e. The number of aromatic nitrogens is 1. The van der Waals surface area contributed by atoms with Gasteiger partial charge in [0.2, 0.25) is 0 Å². The fourth-order valence-corrected chi connectivity index (χ4v) is 3.22. The van der Waals surface area contributed by atoms with Gasteiger partial charge < -0.3 is 10.1 Å². The molecular formula is C11H11IN2O3S. The Balaban J connectivity index is 2.30. The zero-order valence-corrected chi connectivity index (χ0v) is 12.2. The van der Waals surface area contributed by atoms with Gasteiger partial charge in [0.1, 0.15) is 4.90 Å². The number of hydrogen-bond donors (Lipinski definition) is 3. The zero-order chi connectivity index (χ0) is 13.2. The van der Waals surface area contributed by atoms with E-state index in [1.165, 1.54) is 12.3 Å². The molecule has 3 N–H and O–H groups in total. The summed E-state index contributed by atoms with van der Waals surface area (Å²) in [6.07, 6.45) is 1.35. The summed E-state index contributed by atoms with van der Waals surface area (Å²) in [5.41, 5.74) is 0.989. The van der Waals surface area contributed by atoms with E-state index < -0.39 is 10.0 Å². The third-order valence-corrected chi connectivity index (χ3v) is 4.60. The average molecular weight is 378 g/mol. The highest BCUT2D eigenvalue weighted by Crippen LogP contribution is 2.21. The third kappa shape index (κ3) is 2.85. The van der Waals surface area contributed by atoms with Crippen molar-refractivity contribution < 1.29 is 13.5 Å². The fourth-order valence-electron chi connectivity index (χ4n) is 1.41. The summed E-state index contributed by atoms with van der Waals surface area (Å²) in [7, 11) is -3.62. The molecule has 0 bridgehead atoms. The van der Waals surface area contributed by atoms with Crippen LogP contribution in [0.1, 0.15) is 5.69 Å². The molecule has 7 heteroatoms. The third-order valence-electron chi connectivity index (χ3n) is 2.32. The highest BCUT2D eigenvalue weighted by atomic mass is 127. The molecule has 2 aromatic rings. The van der Waals surface area contributed by atoms with Gasteiger partial charge in [0.25, 0.3) is 10.0 Å². The molecule has 0 aliphatic carbocycles. The van der Waals surface area contributed by atoms with Crippen LogP contribution in [0, 0.1) is 3.57 Å². The topological polar surface area (TPSA) is 82.2 Å². The lowest BCUT2D eigenvalue weighted by Gasteiger charge is -2.07. The van der Waals surface area contributed by atoms with E-state index in [0.29, 0.717) is 11.4 Å². The average Bonchev–Trinajstić information content (AvgIpc) is 2.81. The Labute approximate surface area is 118 Å². The Morgan fingerprint density at radius 3 is 2.67 bits per heavy atom. The summed E-state index contributed by atoms with van der Waals surface area (Å²) in [6, 6.07) is 8.50. The van der Waals surface area contributed by atoms with Gasteiger partial charge in [-0.2, -0.15) is 0 Å². The van der Waals surface area contributed by atoms with Crippen molar-refractivity contribution in [1.29, 1.82) is 0 Å². The van der Waals surface area contributed by atoms with E-state index in [2.05, 4.69) is 32.3 Å². The molecule has 18 heavy (non-hydrogen) atoms. The first kappa shape index (κ1) is 13.4. The first-order chi connectivity index (χ1) is 8.53. The summed E-state index contributed by atoms with van der Waals surface area (Å²) in [4.78, 5) is 2.79. The number of aromatic amines is 1. The predicted octanol–water partition coefficient (Wildman–Crippen LogP) is 1.91. The van der Waals surface area contributed by atoms with Gasteiger partial charge in [0, 0.05) is 15.5 Å². The first-order valence-corrected chi connectivity index (χ1v) is 7.64. The number of benzene rings is 1. The van der Waals surface area contributed by atoms with Crippen molar-refractivity contribution in [2.45, 2.75) is 11.5 Å². The molecule has 2 rings (SSSR count). The van der Waals surface area contributed by atoms with Crippen LogP contribution in [-0.4, -0.2) is 18.5 Å². The number of para-hydroxylation sites is 1. The molecule has 0 atom stereocenters. The lowest BCUT2D eigenvalue weighted by molar-refractivity contribution is 0.277. The van der Waals surface area contributed by atoms with E-state index in [1.54, 1.807) is 12.1 Å². The zero-order valence-electron chi connectivity index (χ0n) is 9.22. The molecule has 0 saturated heterocycles. The summed E-state index contributed by atoms with van der Waals surface area (Å²) < 4.78 is 27.5. The molecule has 0 radical (unpaired) electrons. The van der Waals surface area contributed by atoms with Gasteiger partial charge in [-0.1, -0.05) is 12.1 Å². The Morgan fingerprint density at radius 2 is 2.06 bits per heavy atom. The van der Waals surface area contributed by atoms with Gasteiger partial charge in [0.05, 0.1) is 12.3 Å². The molecule has 0 aliphatic rings.